The summed E-state index contributed by atoms with van der Waals surface area (Å²) < 4.78 is 0. The van der Waals surface area contributed by atoms with E-state index in [9.17, 15) is 0 Å². The molecule has 0 unspecified atom stereocenters. The lowest BCUT2D eigenvalue weighted by Gasteiger charge is -2.45. The topological polar surface area (TPSA) is 6.48 Å². The summed E-state index contributed by atoms with van der Waals surface area (Å²) in [6.07, 6.45) is 0. The number of fused-ring (bicyclic) bond motifs is 4. The van der Waals surface area contributed by atoms with E-state index >= 15 is 0 Å². The van der Waals surface area contributed by atoms with Crippen LogP contribution in [0.25, 0.3) is 55.6 Å². The molecule has 0 bridgehead atoms. The van der Waals surface area contributed by atoms with E-state index in [1.165, 1.54) is 150 Å². The van der Waals surface area contributed by atoms with Crippen LogP contribution in [-0.4, -0.2) is 6.71 Å². The molecule has 0 aromatic heterocycles. The summed E-state index contributed by atoms with van der Waals surface area (Å²) in [6.45, 7) is 47.1. The quantitative estimate of drug-likeness (QED) is 0.0839. The van der Waals surface area contributed by atoms with Crippen molar-refractivity contribution in [2.45, 2.75) is 198 Å². The summed E-state index contributed by atoms with van der Waals surface area (Å²) in [5, 5.41) is 0. The van der Waals surface area contributed by atoms with Crippen LogP contribution in [0.1, 0.15) is 253 Å². The molecule has 0 atom stereocenters. The van der Waals surface area contributed by atoms with Crippen LogP contribution >= 0.6 is 0 Å². The number of anilines is 6. The average molecular weight is 1220 g/mol. The first kappa shape index (κ1) is 64.9. The van der Waals surface area contributed by atoms with Crippen LogP contribution in [0.2, 0.25) is 0 Å². The highest BCUT2D eigenvalue weighted by Crippen LogP contribution is 2.52. The Balaban J connectivity index is 1.26. The molecule has 474 valence electrons. The highest BCUT2D eigenvalue weighted by atomic mass is 15.2. The normalized spacial score (nSPS) is 13.0. The van der Waals surface area contributed by atoms with Crippen molar-refractivity contribution in [3.05, 3.63) is 244 Å². The van der Waals surface area contributed by atoms with E-state index in [0.717, 1.165) is 11.4 Å². The molecule has 2 heterocycles. The lowest BCUT2D eigenvalue weighted by molar-refractivity contribution is 0.838. The summed E-state index contributed by atoms with van der Waals surface area (Å²) in [6, 6.07) is 75.0. The maximum absolute atomic E-state index is 2.71. The zero-order chi connectivity index (χ0) is 66.2. The zero-order valence-corrected chi connectivity index (χ0v) is 59.6. The Morgan fingerprint density at radius 1 is 0.215 bits per heavy atom. The Morgan fingerprint density at radius 2 is 0.505 bits per heavy atom. The molecule has 2 aliphatic heterocycles. The minimum Gasteiger partial charge on any atom is -0.311 e. The fraction of sp³-hybridized carbons (Fsp3) is 0.333. The van der Waals surface area contributed by atoms with Gasteiger partial charge in [0.1, 0.15) is 0 Å². The van der Waals surface area contributed by atoms with Crippen LogP contribution in [-0.2, 0) is 0 Å². The highest BCUT2D eigenvalue weighted by Gasteiger charge is 2.45. The molecule has 0 N–H and O–H groups in total. The smallest absolute Gasteiger partial charge is 0.252 e. The average Bonchev–Trinajstić information content (AvgIpc) is 0.694. The van der Waals surface area contributed by atoms with Crippen LogP contribution in [0.15, 0.2) is 188 Å². The van der Waals surface area contributed by atoms with Gasteiger partial charge in [0.2, 0.25) is 0 Å². The van der Waals surface area contributed by atoms with Crippen molar-refractivity contribution in [1.82, 2.24) is 0 Å². The summed E-state index contributed by atoms with van der Waals surface area (Å²) in [4.78, 5) is 5.38. The van der Waals surface area contributed by atoms with Crippen molar-refractivity contribution >= 4 is 57.2 Å². The van der Waals surface area contributed by atoms with Crippen LogP contribution < -0.4 is 26.2 Å². The molecule has 3 heteroatoms. The largest absolute Gasteiger partial charge is 0.311 e. The van der Waals surface area contributed by atoms with Crippen LogP contribution in [0.3, 0.4) is 0 Å². The third-order valence-electron chi connectivity index (χ3n) is 20.6. The molecule has 10 aromatic rings. The fourth-order valence-corrected chi connectivity index (χ4v) is 16.0. The maximum atomic E-state index is 2.71. The molecule has 0 aliphatic carbocycles. The molecule has 0 radical (unpaired) electrons. The molecular weight excluding hydrogens is 1120 g/mol. The molecule has 0 saturated carbocycles. The molecule has 0 spiro atoms. The van der Waals surface area contributed by atoms with Gasteiger partial charge in [-0.2, -0.15) is 0 Å². The second-order valence-electron chi connectivity index (χ2n) is 30.3. The van der Waals surface area contributed by atoms with E-state index in [4.69, 9.17) is 0 Å². The second-order valence-corrected chi connectivity index (χ2v) is 30.3. The van der Waals surface area contributed by atoms with E-state index in [-0.39, 0.29) is 6.71 Å². The van der Waals surface area contributed by atoms with Gasteiger partial charge < -0.3 is 9.80 Å². The van der Waals surface area contributed by atoms with Gasteiger partial charge in [0.15, 0.2) is 0 Å². The first-order chi connectivity index (χ1) is 44.5. The second kappa shape index (κ2) is 26.0. The third-order valence-corrected chi connectivity index (χ3v) is 20.6. The molecule has 2 nitrogen and oxygen atoms in total. The van der Waals surface area contributed by atoms with E-state index in [1.807, 2.05) is 0 Å². The molecular formula is C90H101BN2. The molecule has 0 amide bonds. The summed E-state index contributed by atoms with van der Waals surface area (Å²) >= 11 is 0. The Labute approximate surface area is 560 Å². The van der Waals surface area contributed by atoms with Gasteiger partial charge in [-0.15, -0.1) is 0 Å². The van der Waals surface area contributed by atoms with Crippen molar-refractivity contribution < 1.29 is 0 Å². The number of hydrogen-bond donors (Lipinski definition) is 0. The summed E-state index contributed by atoms with van der Waals surface area (Å²) in [5.74, 6) is 3.35. The van der Waals surface area contributed by atoms with Gasteiger partial charge in [0.25, 0.3) is 6.71 Å². The predicted octanol–water partition coefficient (Wildman–Crippen LogP) is 25.3. The van der Waals surface area contributed by atoms with Gasteiger partial charge in [-0.05, 0) is 235 Å². The van der Waals surface area contributed by atoms with Gasteiger partial charge in [-0.25, -0.2) is 0 Å². The van der Waals surface area contributed by atoms with E-state index in [0.29, 0.717) is 59.2 Å². The monoisotopic (exact) mass is 1220 g/mol. The first-order valence-electron chi connectivity index (χ1n) is 35.4. The summed E-state index contributed by atoms with van der Waals surface area (Å²) in [5.41, 5.74) is 38.2. The summed E-state index contributed by atoms with van der Waals surface area (Å²) in [7, 11) is 0. The molecule has 10 aromatic carbocycles. The molecule has 12 rings (SSSR count). The lowest BCUT2D eigenvalue weighted by Crippen LogP contribution is -2.61. The fourth-order valence-electron chi connectivity index (χ4n) is 16.0. The molecule has 0 saturated heterocycles. The molecule has 2 aliphatic rings. The van der Waals surface area contributed by atoms with E-state index in [1.54, 1.807) is 0 Å². The van der Waals surface area contributed by atoms with Gasteiger partial charge in [0, 0.05) is 34.1 Å². The van der Waals surface area contributed by atoms with Crippen LogP contribution in [0.5, 0.6) is 0 Å². The van der Waals surface area contributed by atoms with Gasteiger partial charge in [-0.1, -0.05) is 278 Å². The minimum atomic E-state index is -0.123. The Kier molecular flexibility index (Phi) is 18.1. The molecule has 0 fully saturated rings. The van der Waals surface area contributed by atoms with Gasteiger partial charge in [-0.3, -0.25) is 0 Å². The Morgan fingerprint density at radius 3 is 0.882 bits per heavy atom. The SMILES string of the molecule is CC(C)c1cccc(C(C)C)c1-c1ccc(N2c3ccc(-c4c(C(C)C)cccc4C(C)C)cc3B3c4ccc(-c5c(C(C)C)cccc5C(C)C)cc4N(c4cccc(-c5c(C(C)C)cccc5C(C)C)c4)c4cc(-c5c(C(C)C)cccc5C(C)C)cc2c43)cc1. The standard InChI is InChI=1S/C90H101BN2/c1-52(2)69-29-22-30-70(53(3)4)85(69)62-39-43-67(44-40-62)92-81-46-42-64(87-73(56(9)10)33-24-34-74(87)57(11)12)48-80(81)91-79-45-41-65(88-75(58(13)14)35-25-36-76(88)59(15)16)49-82(79)93(68-28-21-27-63(47-68)86-71(54(5)6)31-23-32-72(86)55(7)8)84-51-66(50-83(92)90(84)91)89-77(60(17)18)37-26-38-78(89)61(19)20/h21-61H,1-20H3. The van der Waals surface area contributed by atoms with Crippen molar-refractivity contribution in [1.29, 1.82) is 0 Å². The van der Waals surface area contributed by atoms with E-state index in [2.05, 4.69) is 336 Å². The Hall–Kier alpha value is -8.14. The first-order valence-corrected chi connectivity index (χ1v) is 35.4. The third kappa shape index (κ3) is 11.6. The van der Waals surface area contributed by atoms with Crippen molar-refractivity contribution in [3.8, 4) is 55.6 Å². The van der Waals surface area contributed by atoms with Gasteiger partial charge in [0.05, 0.1) is 0 Å². The maximum Gasteiger partial charge on any atom is 0.252 e. The highest BCUT2D eigenvalue weighted by molar-refractivity contribution is 7.00. The number of nitrogens with zero attached hydrogens (tertiary/aromatic N) is 2. The predicted molar refractivity (Wildman–Crippen MR) is 409 cm³/mol. The van der Waals surface area contributed by atoms with Crippen molar-refractivity contribution in [2.75, 3.05) is 9.80 Å². The lowest BCUT2D eigenvalue weighted by atomic mass is 9.33. The number of hydrogen-bond acceptors (Lipinski definition) is 2. The zero-order valence-electron chi connectivity index (χ0n) is 59.6. The Bertz CT molecular complexity index is 4300. The minimum absolute atomic E-state index is 0.123. The van der Waals surface area contributed by atoms with Gasteiger partial charge >= 0.3 is 0 Å². The van der Waals surface area contributed by atoms with Crippen molar-refractivity contribution in [3.63, 3.8) is 0 Å². The van der Waals surface area contributed by atoms with Crippen molar-refractivity contribution in [2.24, 2.45) is 0 Å². The van der Waals surface area contributed by atoms with Crippen LogP contribution in [0, 0.1) is 0 Å². The number of rotatable bonds is 17. The number of benzene rings is 10. The molecule has 93 heavy (non-hydrogen) atoms. The van der Waals surface area contributed by atoms with Crippen LogP contribution in [0.4, 0.5) is 34.1 Å². The van der Waals surface area contributed by atoms with E-state index < -0.39 is 0 Å².